The van der Waals surface area contributed by atoms with Crippen molar-refractivity contribution in [2.24, 2.45) is 0 Å². The standard InChI is InChI=1S/C15H37NOSi3/c1-10-12-13-16(18(6)7)14-19(11-2)17-20(8,9)15(3,4)5/h11,18-19H,2,10,12-14H2,1,3-9H3. The summed E-state index contributed by atoms with van der Waals surface area (Å²) in [6.45, 7) is 24.1. The molecule has 0 saturated heterocycles. The molecule has 5 heteroatoms. The molecule has 0 bridgehead atoms. The molecule has 2 nitrogen and oxygen atoms in total. The molecule has 1 unspecified atom stereocenters. The number of hydrogen-bond acceptors (Lipinski definition) is 2. The lowest BCUT2D eigenvalue weighted by atomic mass is 10.2. The number of hydrogen-bond donors (Lipinski definition) is 0. The van der Waals surface area contributed by atoms with Gasteiger partial charge in [0.25, 0.3) is 0 Å². The van der Waals surface area contributed by atoms with Gasteiger partial charge in [0.2, 0.25) is 9.04 Å². The fraction of sp³-hybridized carbons (Fsp3) is 0.867. The molecular weight excluding hydrogens is 294 g/mol. The lowest BCUT2D eigenvalue weighted by molar-refractivity contribution is 0.440. The number of unbranched alkanes of at least 4 members (excludes halogenated alkanes) is 1. The summed E-state index contributed by atoms with van der Waals surface area (Å²) < 4.78 is 9.37. The van der Waals surface area contributed by atoms with Crippen molar-refractivity contribution in [2.75, 3.05) is 12.7 Å². The van der Waals surface area contributed by atoms with E-state index in [9.17, 15) is 0 Å². The second-order valence-corrected chi connectivity index (χ2v) is 17.9. The molecule has 0 rings (SSSR count). The van der Waals surface area contributed by atoms with Crippen LogP contribution < -0.4 is 0 Å². The summed E-state index contributed by atoms with van der Waals surface area (Å²) >= 11 is 0. The summed E-state index contributed by atoms with van der Waals surface area (Å²) in [5, 5.41) is 0.296. The summed E-state index contributed by atoms with van der Waals surface area (Å²) in [4.78, 5) is 0. The van der Waals surface area contributed by atoms with Crippen molar-refractivity contribution in [1.29, 1.82) is 0 Å². The van der Waals surface area contributed by atoms with Gasteiger partial charge in [-0.2, -0.15) is 0 Å². The molecule has 0 aliphatic rings. The molecule has 20 heavy (non-hydrogen) atoms. The minimum absolute atomic E-state index is 0.296. The van der Waals surface area contributed by atoms with Gasteiger partial charge in [0.15, 0.2) is 8.32 Å². The number of rotatable bonds is 9. The Bertz CT molecular complexity index is 287. The molecular formula is C15H37NOSi3. The van der Waals surface area contributed by atoms with Crippen molar-refractivity contribution >= 4 is 26.3 Å². The third kappa shape index (κ3) is 6.85. The average molecular weight is 332 g/mol. The fourth-order valence-electron chi connectivity index (χ4n) is 1.87. The van der Waals surface area contributed by atoms with Crippen LogP contribution in [-0.2, 0) is 4.12 Å². The van der Waals surface area contributed by atoms with Gasteiger partial charge < -0.3 is 8.68 Å². The molecule has 0 aliphatic carbocycles. The van der Waals surface area contributed by atoms with Crippen LogP contribution in [0.15, 0.2) is 12.3 Å². The molecule has 0 amide bonds. The minimum Gasteiger partial charge on any atom is -0.453 e. The maximum atomic E-state index is 6.65. The van der Waals surface area contributed by atoms with Crippen molar-refractivity contribution in [2.45, 2.75) is 71.8 Å². The third-order valence-corrected chi connectivity index (χ3v) is 15.3. The highest BCUT2D eigenvalue weighted by molar-refractivity contribution is 6.81. The van der Waals surface area contributed by atoms with Gasteiger partial charge in [-0.15, -0.1) is 6.58 Å². The Hall–Kier alpha value is 0.311. The summed E-state index contributed by atoms with van der Waals surface area (Å²) in [7, 11) is -3.69. The highest BCUT2D eigenvalue weighted by Gasteiger charge is 2.38. The van der Waals surface area contributed by atoms with E-state index in [0.29, 0.717) is 5.04 Å². The average Bonchev–Trinajstić information content (AvgIpc) is 2.30. The molecule has 0 heterocycles. The molecule has 0 aliphatic heterocycles. The second kappa shape index (κ2) is 8.68. The monoisotopic (exact) mass is 331 g/mol. The first-order chi connectivity index (χ1) is 9.05. The Morgan fingerprint density at radius 3 is 2.15 bits per heavy atom. The van der Waals surface area contributed by atoms with Gasteiger partial charge in [-0.25, -0.2) is 0 Å². The summed E-state index contributed by atoms with van der Waals surface area (Å²) in [5.41, 5.74) is 2.15. The van der Waals surface area contributed by atoms with Crippen LogP contribution in [0.3, 0.4) is 0 Å². The zero-order valence-electron chi connectivity index (χ0n) is 15.1. The Morgan fingerprint density at radius 1 is 1.25 bits per heavy atom. The predicted octanol–water partition coefficient (Wildman–Crippen LogP) is 4.08. The van der Waals surface area contributed by atoms with E-state index in [0.717, 1.165) is 0 Å². The zero-order chi connectivity index (χ0) is 16.0. The maximum Gasteiger partial charge on any atom is 0.201 e. The van der Waals surface area contributed by atoms with Gasteiger partial charge in [0.05, 0.1) is 0 Å². The topological polar surface area (TPSA) is 12.5 Å². The Balaban J connectivity index is 4.71. The van der Waals surface area contributed by atoms with E-state index in [1.165, 1.54) is 25.6 Å². The smallest absolute Gasteiger partial charge is 0.201 e. The van der Waals surface area contributed by atoms with Gasteiger partial charge in [-0.3, -0.25) is 0 Å². The van der Waals surface area contributed by atoms with Crippen molar-refractivity contribution in [1.82, 2.24) is 4.57 Å². The van der Waals surface area contributed by atoms with Gasteiger partial charge in [-0.1, -0.05) is 52.9 Å². The Morgan fingerprint density at radius 2 is 1.80 bits per heavy atom. The first kappa shape index (κ1) is 20.3. The van der Waals surface area contributed by atoms with E-state index in [-0.39, 0.29) is 0 Å². The first-order valence-corrected chi connectivity index (χ1v) is 15.8. The molecule has 0 aromatic carbocycles. The molecule has 1 atom stereocenters. The molecule has 0 saturated carbocycles. The van der Waals surface area contributed by atoms with Crippen LogP contribution in [0.5, 0.6) is 0 Å². The molecule has 120 valence electrons. The fourth-order valence-corrected chi connectivity index (χ4v) is 10.8. The highest BCUT2D eigenvalue weighted by Crippen LogP contribution is 2.37. The van der Waals surface area contributed by atoms with Gasteiger partial charge in [-0.05, 0) is 31.1 Å². The lowest BCUT2D eigenvalue weighted by Gasteiger charge is -2.40. The van der Waals surface area contributed by atoms with Crippen LogP contribution in [0.4, 0.5) is 0 Å². The van der Waals surface area contributed by atoms with Gasteiger partial charge >= 0.3 is 0 Å². The highest BCUT2D eigenvalue weighted by atomic mass is 28.4. The normalized spacial score (nSPS) is 14.9. The largest absolute Gasteiger partial charge is 0.453 e. The summed E-state index contributed by atoms with van der Waals surface area (Å²) in [6.07, 6.45) is 3.75. The van der Waals surface area contributed by atoms with E-state index < -0.39 is 26.3 Å². The van der Waals surface area contributed by atoms with Crippen LogP contribution in [0.2, 0.25) is 31.2 Å². The number of nitrogens with zero attached hydrogens (tertiary/aromatic N) is 1. The van der Waals surface area contributed by atoms with E-state index in [4.69, 9.17) is 4.12 Å². The Kier molecular flexibility index (Phi) is 8.82. The van der Waals surface area contributed by atoms with E-state index >= 15 is 0 Å². The van der Waals surface area contributed by atoms with Crippen LogP contribution in [0.1, 0.15) is 40.5 Å². The molecule has 0 fully saturated rings. The van der Waals surface area contributed by atoms with Crippen LogP contribution in [0, 0.1) is 0 Å². The van der Waals surface area contributed by atoms with Crippen molar-refractivity contribution < 1.29 is 4.12 Å². The first-order valence-electron chi connectivity index (χ1n) is 8.09. The summed E-state index contributed by atoms with van der Waals surface area (Å²) in [5.74, 6) is 0. The van der Waals surface area contributed by atoms with Crippen molar-refractivity contribution in [3.05, 3.63) is 12.3 Å². The van der Waals surface area contributed by atoms with E-state index in [2.05, 4.69) is 70.7 Å². The van der Waals surface area contributed by atoms with E-state index in [1.807, 2.05) is 0 Å². The molecule has 0 radical (unpaired) electrons. The van der Waals surface area contributed by atoms with Crippen LogP contribution in [0.25, 0.3) is 0 Å². The minimum atomic E-state index is -1.64. The van der Waals surface area contributed by atoms with Crippen molar-refractivity contribution in [3.8, 4) is 0 Å². The summed E-state index contributed by atoms with van der Waals surface area (Å²) in [6, 6.07) is 0. The molecule has 0 aromatic heterocycles. The van der Waals surface area contributed by atoms with Crippen LogP contribution >= 0.6 is 0 Å². The lowest BCUT2D eigenvalue weighted by Crippen LogP contribution is -2.50. The zero-order valence-corrected chi connectivity index (χ0v) is 18.4. The maximum absolute atomic E-state index is 6.65. The molecule has 0 spiro atoms. The van der Waals surface area contributed by atoms with Crippen LogP contribution in [-0.4, -0.2) is 43.6 Å². The quantitative estimate of drug-likeness (QED) is 0.590. The predicted molar refractivity (Wildman–Crippen MR) is 101 cm³/mol. The van der Waals surface area contributed by atoms with Gasteiger partial charge in [0, 0.05) is 6.17 Å². The molecule has 0 aromatic rings. The van der Waals surface area contributed by atoms with Crippen molar-refractivity contribution in [3.63, 3.8) is 0 Å². The van der Waals surface area contributed by atoms with Gasteiger partial charge in [0.1, 0.15) is 8.96 Å². The Labute approximate surface area is 132 Å². The van der Waals surface area contributed by atoms with E-state index in [1.54, 1.807) is 0 Å². The second-order valence-electron chi connectivity index (χ2n) is 7.59. The SMILES string of the molecule is C=C[SiH](CN(CCCC)[SiH](C)C)O[Si](C)(C)C(C)(C)C. The molecule has 0 N–H and O–H groups in total. The third-order valence-electron chi connectivity index (χ3n) is 4.46.